The topological polar surface area (TPSA) is 75.3 Å². The Kier molecular flexibility index (Phi) is 6.44. The van der Waals surface area contributed by atoms with Gasteiger partial charge in [-0.3, -0.25) is 4.79 Å². The van der Waals surface area contributed by atoms with Gasteiger partial charge in [0.25, 0.3) is 0 Å². The lowest BCUT2D eigenvalue weighted by atomic mass is 10.0. The van der Waals surface area contributed by atoms with Gasteiger partial charge in [0.1, 0.15) is 11.6 Å². The number of hydrogen-bond donors (Lipinski definition) is 2. The van der Waals surface area contributed by atoms with Crippen molar-refractivity contribution in [3.63, 3.8) is 0 Å². The molecule has 8 heteroatoms. The summed E-state index contributed by atoms with van der Waals surface area (Å²) in [5.41, 5.74) is 1.19. The van der Waals surface area contributed by atoms with Crippen LogP contribution in [0, 0.1) is 11.6 Å². The number of hydrogen-bond acceptors (Lipinski definition) is 3. The van der Waals surface area contributed by atoms with Gasteiger partial charge in [-0.05, 0) is 42.3 Å². The summed E-state index contributed by atoms with van der Waals surface area (Å²) < 4.78 is 51.6. The van der Waals surface area contributed by atoms with Crippen molar-refractivity contribution in [1.29, 1.82) is 0 Å². The molecule has 2 aromatic carbocycles. The first-order chi connectivity index (χ1) is 12.1. The summed E-state index contributed by atoms with van der Waals surface area (Å²) in [6.45, 7) is 1.74. The van der Waals surface area contributed by atoms with Gasteiger partial charge in [-0.15, -0.1) is 0 Å². The van der Waals surface area contributed by atoms with E-state index in [2.05, 4.69) is 10.0 Å². The van der Waals surface area contributed by atoms with E-state index >= 15 is 0 Å². The normalized spacial score (nSPS) is 13.8. The lowest BCUT2D eigenvalue weighted by Gasteiger charge is -2.20. The molecule has 0 radical (unpaired) electrons. The predicted octanol–water partition coefficient (Wildman–Crippen LogP) is 2.82. The van der Waals surface area contributed by atoms with Gasteiger partial charge in [0.15, 0.2) is 0 Å². The summed E-state index contributed by atoms with van der Waals surface area (Å²) in [7, 11) is -3.58. The second-order valence-corrected chi connectivity index (χ2v) is 7.82. The van der Waals surface area contributed by atoms with Crippen LogP contribution in [0.4, 0.5) is 8.78 Å². The van der Waals surface area contributed by atoms with Crippen molar-refractivity contribution in [2.75, 3.05) is 6.26 Å². The van der Waals surface area contributed by atoms with Gasteiger partial charge in [0.05, 0.1) is 18.3 Å². The fraction of sp³-hybridized carbons (Fsp3) is 0.278. The van der Waals surface area contributed by atoms with Gasteiger partial charge in [-0.2, -0.15) is 0 Å². The zero-order chi connectivity index (χ0) is 19.3. The SMILES string of the molecule is C[C@@H](NC(=O)C[C@@H](NS(C)(=O)=O)c1ccc(F)cc1)c1ccc(F)cc1. The maximum Gasteiger partial charge on any atom is 0.222 e. The Morgan fingerprint density at radius 3 is 1.88 bits per heavy atom. The fourth-order valence-corrected chi connectivity index (χ4v) is 3.24. The van der Waals surface area contributed by atoms with Gasteiger partial charge in [-0.25, -0.2) is 21.9 Å². The van der Waals surface area contributed by atoms with E-state index < -0.39 is 27.8 Å². The number of benzene rings is 2. The molecule has 2 aromatic rings. The number of halogens is 2. The predicted molar refractivity (Wildman–Crippen MR) is 94.7 cm³/mol. The van der Waals surface area contributed by atoms with Crippen molar-refractivity contribution in [3.05, 3.63) is 71.3 Å². The zero-order valence-electron chi connectivity index (χ0n) is 14.4. The first-order valence-electron chi connectivity index (χ1n) is 7.91. The first-order valence-corrected chi connectivity index (χ1v) is 9.81. The van der Waals surface area contributed by atoms with E-state index in [1.54, 1.807) is 19.1 Å². The highest BCUT2D eigenvalue weighted by Crippen LogP contribution is 2.20. The molecule has 140 valence electrons. The third kappa shape index (κ3) is 6.20. The monoisotopic (exact) mass is 382 g/mol. The molecule has 1 amide bonds. The lowest BCUT2D eigenvalue weighted by Crippen LogP contribution is -2.34. The van der Waals surface area contributed by atoms with E-state index in [-0.39, 0.29) is 18.3 Å². The molecule has 26 heavy (non-hydrogen) atoms. The fourth-order valence-electron chi connectivity index (χ4n) is 2.50. The van der Waals surface area contributed by atoms with Crippen molar-refractivity contribution in [2.45, 2.75) is 25.4 Å². The molecule has 0 fully saturated rings. The van der Waals surface area contributed by atoms with E-state index in [1.165, 1.54) is 36.4 Å². The van der Waals surface area contributed by atoms with Crippen molar-refractivity contribution in [1.82, 2.24) is 10.0 Å². The number of rotatable bonds is 7. The molecule has 0 unspecified atom stereocenters. The van der Waals surface area contributed by atoms with Gasteiger partial charge in [-0.1, -0.05) is 24.3 Å². The lowest BCUT2D eigenvalue weighted by molar-refractivity contribution is -0.122. The summed E-state index contributed by atoms with van der Waals surface area (Å²) in [6.07, 6.45) is 0.826. The first kappa shape index (κ1) is 20.0. The van der Waals surface area contributed by atoms with Gasteiger partial charge >= 0.3 is 0 Å². The van der Waals surface area contributed by atoms with Crippen LogP contribution in [0.3, 0.4) is 0 Å². The molecule has 5 nitrogen and oxygen atoms in total. The van der Waals surface area contributed by atoms with Gasteiger partial charge in [0, 0.05) is 6.42 Å². The van der Waals surface area contributed by atoms with Crippen LogP contribution in [0.5, 0.6) is 0 Å². The highest BCUT2D eigenvalue weighted by atomic mass is 32.2. The third-order valence-electron chi connectivity index (χ3n) is 3.77. The summed E-state index contributed by atoms with van der Waals surface area (Å²) in [4.78, 5) is 12.3. The summed E-state index contributed by atoms with van der Waals surface area (Å²) in [6, 6.07) is 9.76. The standard InChI is InChI=1S/C18H20F2N2O3S/c1-12(13-3-7-15(19)8-4-13)21-18(23)11-17(22-26(2,24)25)14-5-9-16(20)10-6-14/h3-10,12,17,22H,11H2,1-2H3,(H,21,23)/t12-,17-/m1/s1. The van der Waals surface area contributed by atoms with E-state index in [0.717, 1.165) is 6.26 Å². The minimum absolute atomic E-state index is 0.162. The second kappa shape index (κ2) is 8.37. The van der Waals surface area contributed by atoms with Crippen LogP contribution in [-0.4, -0.2) is 20.6 Å². The van der Waals surface area contributed by atoms with Gasteiger partial charge in [0.2, 0.25) is 15.9 Å². The van der Waals surface area contributed by atoms with Gasteiger partial charge < -0.3 is 5.32 Å². The molecule has 0 bridgehead atoms. The smallest absolute Gasteiger partial charge is 0.222 e. The molecule has 0 saturated carbocycles. The van der Waals surface area contributed by atoms with E-state index in [4.69, 9.17) is 0 Å². The van der Waals surface area contributed by atoms with Crippen molar-refractivity contribution in [2.24, 2.45) is 0 Å². The van der Waals surface area contributed by atoms with Crippen molar-refractivity contribution < 1.29 is 22.0 Å². The maximum absolute atomic E-state index is 13.1. The molecule has 0 heterocycles. The largest absolute Gasteiger partial charge is 0.350 e. The number of carbonyl (C=O) groups excluding carboxylic acids is 1. The maximum atomic E-state index is 13.1. The molecule has 2 N–H and O–H groups in total. The molecule has 0 aliphatic rings. The zero-order valence-corrected chi connectivity index (χ0v) is 15.2. The summed E-state index contributed by atoms with van der Waals surface area (Å²) in [5.74, 6) is -1.23. The molecule has 0 saturated heterocycles. The Hall–Kier alpha value is -2.32. The van der Waals surface area contributed by atoms with Crippen LogP contribution in [0.2, 0.25) is 0 Å². The Morgan fingerprint density at radius 2 is 1.42 bits per heavy atom. The Bertz CT molecular complexity index is 853. The summed E-state index contributed by atoms with van der Waals surface area (Å²) >= 11 is 0. The molecule has 0 aliphatic heterocycles. The second-order valence-electron chi connectivity index (χ2n) is 6.04. The minimum Gasteiger partial charge on any atom is -0.350 e. The quantitative estimate of drug-likeness (QED) is 0.773. The molecular weight excluding hydrogens is 362 g/mol. The minimum atomic E-state index is -3.58. The highest BCUT2D eigenvalue weighted by Gasteiger charge is 2.21. The summed E-state index contributed by atoms with van der Waals surface area (Å²) in [5, 5.41) is 2.74. The number of amides is 1. The van der Waals surface area contributed by atoms with E-state index in [9.17, 15) is 22.0 Å². The Balaban J connectivity index is 2.10. The Labute approximate surface area is 151 Å². The van der Waals surface area contributed by atoms with Crippen LogP contribution < -0.4 is 10.0 Å². The molecule has 2 atom stereocenters. The van der Waals surface area contributed by atoms with Crippen LogP contribution in [0.15, 0.2) is 48.5 Å². The molecule has 0 aromatic heterocycles. The number of sulfonamides is 1. The molecule has 2 rings (SSSR count). The van der Waals surface area contributed by atoms with Crippen molar-refractivity contribution >= 4 is 15.9 Å². The third-order valence-corrected chi connectivity index (χ3v) is 4.48. The van der Waals surface area contributed by atoms with Crippen LogP contribution in [-0.2, 0) is 14.8 Å². The van der Waals surface area contributed by atoms with Crippen LogP contribution in [0.1, 0.15) is 36.6 Å². The van der Waals surface area contributed by atoms with E-state index in [1.807, 2.05) is 0 Å². The number of carbonyl (C=O) groups is 1. The van der Waals surface area contributed by atoms with E-state index in [0.29, 0.717) is 11.1 Å². The van der Waals surface area contributed by atoms with Crippen LogP contribution >= 0.6 is 0 Å². The van der Waals surface area contributed by atoms with Crippen molar-refractivity contribution in [3.8, 4) is 0 Å². The average molecular weight is 382 g/mol. The molecule has 0 spiro atoms. The average Bonchev–Trinajstić information content (AvgIpc) is 2.54. The molecular formula is C18H20F2N2O3S. The highest BCUT2D eigenvalue weighted by molar-refractivity contribution is 7.88. The Morgan fingerprint density at radius 1 is 0.962 bits per heavy atom. The number of nitrogens with one attached hydrogen (secondary N) is 2. The molecule has 0 aliphatic carbocycles. The van der Waals surface area contributed by atoms with Crippen LogP contribution in [0.25, 0.3) is 0 Å².